The number of carbonyl (C=O) groups is 6. The second-order valence-electron chi connectivity index (χ2n) is 8.35. The molecular formula is C23H32N4O10. The second-order valence-corrected chi connectivity index (χ2v) is 8.35. The zero-order valence-corrected chi connectivity index (χ0v) is 20.1. The molecule has 14 nitrogen and oxygen atoms in total. The Hall–Kier alpha value is -4.04. The molecule has 5 atom stereocenters. The number of carboxylic acids is 3. The topological polar surface area (TPSA) is 245 Å². The van der Waals surface area contributed by atoms with Gasteiger partial charge in [-0.1, -0.05) is 30.3 Å². The summed E-state index contributed by atoms with van der Waals surface area (Å²) in [6.45, 7) is 1.20. The SMILES string of the molecule is CC(O)C(NC(=O)C(N)Cc1ccccc1)C(=O)NC(CCC(=O)O)C(=O)NC(CCC(=O)O)C(=O)O. The van der Waals surface area contributed by atoms with E-state index in [2.05, 4.69) is 16.0 Å². The van der Waals surface area contributed by atoms with Crippen LogP contribution in [0.25, 0.3) is 0 Å². The number of carboxylic acid groups (broad SMARTS) is 3. The maximum Gasteiger partial charge on any atom is 0.326 e. The first-order valence-corrected chi connectivity index (χ1v) is 11.4. The Balaban J connectivity index is 2.95. The maximum absolute atomic E-state index is 12.8. The molecule has 0 aliphatic heterocycles. The van der Waals surface area contributed by atoms with Crippen LogP contribution in [0.15, 0.2) is 30.3 Å². The molecule has 14 heteroatoms. The molecule has 5 unspecified atom stereocenters. The van der Waals surface area contributed by atoms with E-state index in [1.54, 1.807) is 30.3 Å². The Kier molecular flexibility index (Phi) is 12.7. The van der Waals surface area contributed by atoms with E-state index in [1.165, 1.54) is 6.92 Å². The van der Waals surface area contributed by atoms with Crippen LogP contribution in [0.2, 0.25) is 0 Å². The molecular weight excluding hydrogens is 492 g/mol. The third-order valence-electron chi connectivity index (χ3n) is 5.24. The van der Waals surface area contributed by atoms with Crippen LogP contribution < -0.4 is 21.7 Å². The number of hydrogen-bond acceptors (Lipinski definition) is 8. The van der Waals surface area contributed by atoms with Crippen molar-refractivity contribution < 1.29 is 49.2 Å². The van der Waals surface area contributed by atoms with Crippen molar-refractivity contribution in [1.29, 1.82) is 0 Å². The number of nitrogens with one attached hydrogen (secondary N) is 3. The highest BCUT2D eigenvalue weighted by Crippen LogP contribution is 2.06. The van der Waals surface area contributed by atoms with Crippen molar-refractivity contribution in [3.8, 4) is 0 Å². The van der Waals surface area contributed by atoms with E-state index in [-0.39, 0.29) is 6.42 Å². The quantitative estimate of drug-likeness (QED) is 0.120. The summed E-state index contributed by atoms with van der Waals surface area (Å²) in [7, 11) is 0. The standard InChI is InChI=1S/C23H32N4O10/c1-12(28)19(27-20(33)14(24)11-13-5-3-2-4-6-13)22(35)25-15(7-9-17(29)30)21(34)26-16(23(36)37)8-10-18(31)32/h2-6,12,14-16,19,28H,7-11,24H2,1H3,(H,25,35)(H,26,34)(H,27,33)(H,29,30)(H,31,32)(H,36,37). The van der Waals surface area contributed by atoms with Crippen LogP contribution in [-0.4, -0.2) is 86.3 Å². The molecule has 1 aromatic rings. The summed E-state index contributed by atoms with van der Waals surface area (Å²) in [4.78, 5) is 71.2. The minimum Gasteiger partial charge on any atom is -0.481 e. The molecule has 37 heavy (non-hydrogen) atoms. The van der Waals surface area contributed by atoms with Crippen LogP contribution in [0.1, 0.15) is 38.2 Å². The monoisotopic (exact) mass is 524 g/mol. The Morgan fingerprint density at radius 3 is 1.78 bits per heavy atom. The number of benzene rings is 1. The highest BCUT2D eigenvalue weighted by Gasteiger charge is 2.32. The zero-order chi connectivity index (χ0) is 28.1. The van der Waals surface area contributed by atoms with Gasteiger partial charge in [0, 0.05) is 12.8 Å². The van der Waals surface area contributed by atoms with E-state index in [1.807, 2.05) is 0 Å². The highest BCUT2D eigenvalue weighted by atomic mass is 16.4. The Bertz CT molecular complexity index is 970. The third kappa shape index (κ3) is 11.5. The minimum absolute atomic E-state index is 0.136. The van der Waals surface area contributed by atoms with Crippen molar-refractivity contribution >= 4 is 35.6 Å². The fraction of sp³-hybridized carbons (Fsp3) is 0.478. The Labute approximate surface area is 212 Å². The lowest BCUT2D eigenvalue weighted by Crippen LogP contribution is -2.60. The van der Waals surface area contributed by atoms with Crippen LogP contribution in [0.3, 0.4) is 0 Å². The molecule has 204 valence electrons. The van der Waals surface area contributed by atoms with Crippen LogP contribution in [-0.2, 0) is 35.2 Å². The van der Waals surface area contributed by atoms with Crippen molar-refractivity contribution in [1.82, 2.24) is 16.0 Å². The minimum atomic E-state index is -1.61. The first-order valence-electron chi connectivity index (χ1n) is 11.4. The first-order chi connectivity index (χ1) is 17.3. The average molecular weight is 525 g/mol. The summed E-state index contributed by atoms with van der Waals surface area (Å²) in [5.41, 5.74) is 6.66. The molecule has 0 aliphatic rings. The van der Waals surface area contributed by atoms with Gasteiger partial charge in [0.15, 0.2) is 0 Å². The molecule has 0 aromatic heterocycles. The molecule has 0 fully saturated rings. The lowest BCUT2D eigenvalue weighted by atomic mass is 10.0. The summed E-state index contributed by atoms with van der Waals surface area (Å²) in [5, 5.41) is 43.7. The summed E-state index contributed by atoms with van der Waals surface area (Å²) in [6.07, 6.45) is -3.37. The van der Waals surface area contributed by atoms with Gasteiger partial charge in [0.25, 0.3) is 0 Å². The number of rotatable bonds is 16. The van der Waals surface area contributed by atoms with Gasteiger partial charge in [0.05, 0.1) is 12.1 Å². The van der Waals surface area contributed by atoms with Gasteiger partial charge in [-0.3, -0.25) is 24.0 Å². The molecule has 0 heterocycles. The van der Waals surface area contributed by atoms with Crippen LogP contribution in [0.4, 0.5) is 0 Å². The predicted octanol–water partition coefficient (Wildman–Crippen LogP) is -1.79. The normalized spacial score (nSPS) is 14.8. The van der Waals surface area contributed by atoms with Crippen molar-refractivity contribution in [3.63, 3.8) is 0 Å². The van der Waals surface area contributed by atoms with E-state index < -0.39 is 91.6 Å². The maximum atomic E-state index is 12.8. The van der Waals surface area contributed by atoms with Gasteiger partial charge < -0.3 is 42.1 Å². The first kappa shape index (κ1) is 31.0. The molecule has 0 spiro atoms. The molecule has 1 aromatic carbocycles. The van der Waals surface area contributed by atoms with Gasteiger partial charge in [-0.15, -0.1) is 0 Å². The fourth-order valence-electron chi connectivity index (χ4n) is 3.22. The molecule has 0 saturated heterocycles. The molecule has 0 saturated carbocycles. The van der Waals surface area contributed by atoms with Gasteiger partial charge >= 0.3 is 17.9 Å². The number of aliphatic hydroxyl groups is 1. The predicted molar refractivity (Wildman–Crippen MR) is 127 cm³/mol. The number of aliphatic carboxylic acids is 3. The molecule has 0 aliphatic carbocycles. The molecule has 9 N–H and O–H groups in total. The zero-order valence-electron chi connectivity index (χ0n) is 20.1. The van der Waals surface area contributed by atoms with E-state index in [0.717, 1.165) is 5.56 Å². The summed E-state index contributed by atoms with van der Waals surface area (Å²) in [5.74, 6) is -7.02. The van der Waals surface area contributed by atoms with Crippen molar-refractivity contribution in [2.45, 2.75) is 69.3 Å². The van der Waals surface area contributed by atoms with Gasteiger partial charge in [-0.25, -0.2) is 4.79 Å². The van der Waals surface area contributed by atoms with Crippen LogP contribution in [0, 0.1) is 0 Å². The fourth-order valence-corrected chi connectivity index (χ4v) is 3.22. The van der Waals surface area contributed by atoms with Crippen molar-refractivity contribution in [2.75, 3.05) is 0 Å². The number of hydrogen-bond donors (Lipinski definition) is 8. The number of carbonyl (C=O) groups excluding carboxylic acids is 3. The van der Waals surface area contributed by atoms with E-state index >= 15 is 0 Å². The summed E-state index contributed by atoms with van der Waals surface area (Å²) < 4.78 is 0. The van der Waals surface area contributed by atoms with Gasteiger partial charge in [0.1, 0.15) is 18.1 Å². The number of nitrogens with two attached hydrogens (primary N) is 1. The lowest BCUT2D eigenvalue weighted by Gasteiger charge is -2.26. The second kappa shape index (κ2) is 15.2. The smallest absolute Gasteiger partial charge is 0.326 e. The van der Waals surface area contributed by atoms with Gasteiger partial charge in [-0.05, 0) is 31.7 Å². The number of amides is 3. The van der Waals surface area contributed by atoms with Gasteiger partial charge in [-0.2, -0.15) is 0 Å². The summed E-state index contributed by atoms with van der Waals surface area (Å²) >= 11 is 0. The molecule has 0 radical (unpaired) electrons. The Morgan fingerprint density at radius 2 is 1.30 bits per heavy atom. The van der Waals surface area contributed by atoms with E-state index in [9.17, 15) is 39.0 Å². The number of aliphatic hydroxyl groups excluding tert-OH is 1. The lowest BCUT2D eigenvalue weighted by molar-refractivity contribution is -0.144. The van der Waals surface area contributed by atoms with Crippen LogP contribution >= 0.6 is 0 Å². The Morgan fingerprint density at radius 1 is 0.784 bits per heavy atom. The summed E-state index contributed by atoms with van der Waals surface area (Å²) in [6, 6.07) is 2.96. The van der Waals surface area contributed by atoms with E-state index in [0.29, 0.717) is 0 Å². The molecule has 3 amide bonds. The highest BCUT2D eigenvalue weighted by molar-refractivity contribution is 5.94. The van der Waals surface area contributed by atoms with E-state index in [4.69, 9.17) is 15.9 Å². The third-order valence-corrected chi connectivity index (χ3v) is 5.24. The van der Waals surface area contributed by atoms with Crippen LogP contribution in [0.5, 0.6) is 0 Å². The molecule has 0 bridgehead atoms. The van der Waals surface area contributed by atoms with Gasteiger partial charge in [0.2, 0.25) is 17.7 Å². The van der Waals surface area contributed by atoms with Crippen molar-refractivity contribution in [3.05, 3.63) is 35.9 Å². The van der Waals surface area contributed by atoms with Crippen molar-refractivity contribution in [2.24, 2.45) is 5.73 Å². The largest absolute Gasteiger partial charge is 0.481 e. The average Bonchev–Trinajstić information content (AvgIpc) is 2.82. The molecule has 1 rings (SSSR count).